The molecule has 30 heavy (non-hydrogen) atoms. The third-order valence-electron chi connectivity index (χ3n) is 6.10. The topological polar surface area (TPSA) is 87.1 Å². The van der Waals surface area contributed by atoms with Gasteiger partial charge in [-0.15, -0.1) is 22.7 Å². The zero-order valence-corrected chi connectivity index (χ0v) is 18.5. The van der Waals surface area contributed by atoms with Crippen LogP contribution in [0.25, 0.3) is 20.8 Å². The molecule has 0 saturated carbocycles. The fourth-order valence-electron chi connectivity index (χ4n) is 4.49. The predicted molar refractivity (Wildman–Crippen MR) is 127 cm³/mol. The molecule has 3 aromatic heterocycles. The first-order valence-electron chi connectivity index (χ1n) is 10.6. The fourth-order valence-corrected chi connectivity index (χ4v) is 6.95. The molecule has 0 aliphatic carbocycles. The molecule has 8 heteroatoms. The highest BCUT2D eigenvalue weighted by atomic mass is 32.1. The van der Waals surface area contributed by atoms with Crippen LogP contribution in [0.15, 0.2) is 18.5 Å². The third kappa shape index (κ3) is 4.07. The van der Waals surface area contributed by atoms with Gasteiger partial charge >= 0.3 is 0 Å². The molecule has 1 fully saturated rings. The Balaban J connectivity index is 0.00000128. The van der Waals surface area contributed by atoms with E-state index in [2.05, 4.69) is 15.6 Å². The molecule has 3 aromatic rings. The van der Waals surface area contributed by atoms with Crippen LogP contribution in [0.3, 0.4) is 0 Å². The lowest BCUT2D eigenvalue weighted by Crippen LogP contribution is -2.22. The standard InChI is InChI=1S/C22H26N4O2S2.3H2/c27-14(3-1-2-13-9-25-11-17(13)28)8-19-21(15-4-6-24-12-20(15)29-19)22-26-16-10-23-7-5-18(16)30-22;;;/h5,7,10,13,17,24-25,28H,1-4,6,8-9,11-12H2;3*1H. The molecule has 0 amide bonds. The lowest BCUT2D eigenvalue weighted by Gasteiger charge is -2.13. The van der Waals surface area contributed by atoms with Gasteiger partial charge < -0.3 is 15.7 Å². The summed E-state index contributed by atoms with van der Waals surface area (Å²) in [5, 5.41) is 17.6. The lowest BCUT2D eigenvalue weighted by atomic mass is 9.96. The largest absolute Gasteiger partial charge is 0.391 e. The number of fused-ring (bicyclic) bond motifs is 2. The Kier molecular flexibility index (Phi) is 5.93. The van der Waals surface area contributed by atoms with Crippen molar-refractivity contribution in [2.75, 3.05) is 19.6 Å². The monoisotopic (exact) mass is 448 g/mol. The fraction of sp³-hybridized carbons (Fsp3) is 0.500. The number of nitrogens with one attached hydrogen (secondary N) is 2. The van der Waals surface area contributed by atoms with Gasteiger partial charge in [0.05, 0.1) is 17.0 Å². The summed E-state index contributed by atoms with van der Waals surface area (Å²) >= 11 is 3.46. The smallest absolute Gasteiger partial charge is 0.138 e. The number of carbonyl (C=O) groups excluding carboxylic acids is 1. The highest BCUT2D eigenvalue weighted by Crippen LogP contribution is 2.41. The number of aliphatic hydroxyl groups excluding tert-OH is 1. The average Bonchev–Trinajstić information content (AvgIpc) is 3.44. The summed E-state index contributed by atoms with van der Waals surface area (Å²) in [7, 11) is 0. The summed E-state index contributed by atoms with van der Waals surface area (Å²) in [5.41, 5.74) is 3.49. The van der Waals surface area contributed by atoms with E-state index in [4.69, 9.17) is 4.98 Å². The summed E-state index contributed by atoms with van der Waals surface area (Å²) in [5.74, 6) is 0.566. The zero-order chi connectivity index (χ0) is 20.5. The second-order valence-corrected chi connectivity index (χ2v) is 10.4. The SMILES string of the molecule is O=C(CCCC1CNCC1O)Cc1sc2c(c1-c1nc3cnccc3s1)CCNC2.[HH].[HH].[HH]. The van der Waals surface area contributed by atoms with Gasteiger partial charge in [-0.1, -0.05) is 0 Å². The van der Waals surface area contributed by atoms with Crippen LogP contribution in [0.4, 0.5) is 0 Å². The molecular formula is C22H32N4O2S2. The number of rotatable bonds is 7. The molecule has 0 aromatic carbocycles. The lowest BCUT2D eigenvalue weighted by molar-refractivity contribution is -0.118. The maximum absolute atomic E-state index is 12.8. The molecule has 2 aliphatic heterocycles. The summed E-state index contributed by atoms with van der Waals surface area (Å²) in [6.45, 7) is 3.37. The van der Waals surface area contributed by atoms with Crippen molar-refractivity contribution in [3.63, 3.8) is 0 Å². The minimum atomic E-state index is -0.267. The Morgan fingerprint density at radius 3 is 3.07 bits per heavy atom. The molecule has 3 N–H and O–H groups in total. The van der Waals surface area contributed by atoms with Gasteiger partial charge in [0.25, 0.3) is 0 Å². The number of pyridine rings is 1. The van der Waals surface area contributed by atoms with Gasteiger partial charge in [0.15, 0.2) is 0 Å². The number of Topliss-reactive ketones (excluding diaryl/α,β-unsaturated/α-hetero) is 1. The quantitative estimate of drug-likeness (QED) is 0.511. The number of nitrogens with zero attached hydrogens (tertiary/aromatic N) is 2. The van der Waals surface area contributed by atoms with Crippen LogP contribution in [-0.4, -0.2) is 46.6 Å². The molecule has 0 bridgehead atoms. The maximum Gasteiger partial charge on any atom is 0.138 e. The molecule has 2 atom stereocenters. The van der Waals surface area contributed by atoms with Gasteiger partial charge in [0.1, 0.15) is 16.3 Å². The van der Waals surface area contributed by atoms with E-state index in [9.17, 15) is 9.90 Å². The average molecular weight is 449 g/mol. The number of aliphatic hydroxyl groups is 1. The Morgan fingerprint density at radius 1 is 1.30 bits per heavy atom. The van der Waals surface area contributed by atoms with E-state index in [1.807, 2.05) is 12.3 Å². The predicted octanol–water partition coefficient (Wildman–Crippen LogP) is 3.67. The number of hydrogen-bond acceptors (Lipinski definition) is 8. The molecule has 5 rings (SSSR count). The second kappa shape index (κ2) is 8.80. The van der Waals surface area contributed by atoms with Crippen molar-refractivity contribution in [2.24, 2.45) is 5.92 Å². The molecule has 2 unspecified atom stereocenters. The van der Waals surface area contributed by atoms with E-state index in [1.54, 1.807) is 28.9 Å². The van der Waals surface area contributed by atoms with Crippen molar-refractivity contribution < 1.29 is 14.2 Å². The molecule has 2 aliphatic rings. The number of β-amino-alcohol motifs (C(OH)–C–C–N with tert-alkyl or cyclic N) is 1. The van der Waals surface area contributed by atoms with Crippen LogP contribution in [0.2, 0.25) is 0 Å². The van der Waals surface area contributed by atoms with Crippen LogP contribution >= 0.6 is 22.7 Å². The number of thiazole rings is 1. The number of carbonyl (C=O) groups is 1. The van der Waals surface area contributed by atoms with E-state index in [0.717, 1.165) is 59.0 Å². The number of thiophene rings is 1. The molecule has 5 heterocycles. The van der Waals surface area contributed by atoms with Crippen molar-refractivity contribution >= 4 is 38.7 Å². The van der Waals surface area contributed by atoms with Crippen LogP contribution < -0.4 is 10.6 Å². The van der Waals surface area contributed by atoms with Gasteiger partial charge in [-0.05, 0) is 43.4 Å². The third-order valence-corrected chi connectivity index (χ3v) is 8.38. The summed E-state index contributed by atoms with van der Waals surface area (Å²) < 4.78 is 1.13. The molecule has 6 nitrogen and oxygen atoms in total. The number of hydrogen-bond donors (Lipinski definition) is 3. The van der Waals surface area contributed by atoms with Gasteiger partial charge in [-0.25, -0.2) is 4.98 Å². The van der Waals surface area contributed by atoms with Gasteiger partial charge in [-0.2, -0.15) is 0 Å². The normalized spacial score (nSPS) is 21.2. The molecule has 1 saturated heterocycles. The van der Waals surface area contributed by atoms with Gasteiger partial charge in [-0.3, -0.25) is 9.78 Å². The second-order valence-electron chi connectivity index (χ2n) is 8.18. The highest BCUT2D eigenvalue weighted by Gasteiger charge is 2.26. The molecule has 0 radical (unpaired) electrons. The molecular weight excluding hydrogens is 416 g/mol. The van der Waals surface area contributed by atoms with Gasteiger partial charge in [0.2, 0.25) is 0 Å². The van der Waals surface area contributed by atoms with Crippen molar-refractivity contribution in [3.05, 3.63) is 33.8 Å². The van der Waals surface area contributed by atoms with Crippen molar-refractivity contribution in [1.29, 1.82) is 0 Å². The Bertz CT molecular complexity index is 1040. The molecule has 164 valence electrons. The van der Waals surface area contributed by atoms with Gasteiger partial charge in [0, 0.05) is 58.3 Å². The van der Waals surface area contributed by atoms with E-state index >= 15 is 0 Å². The maximum atomic E-state index is 12.8. The van der Waals surface area contributed by atoms with E-state index < -0.39 is 0 Å². The van der Waals surface area contributed by atoms with Crippen molar-refractivity contribution in [1.82, 2.24) is 20.6 Å². The van der Waals surface area contributed by atoms with E-state index in [1.165, 1.54) is 16.0 Å². The minimum Gasteiger partial charge on any atom is -0.391 e. The van der Waals surface area contributed by atoms with E-state index in [-0.39, 0.29) is 22.1 Å². The Hall–Kier alpha value is -1.71. The van der Waals surface area contributed by atoms with Crippen molar-refractivity contribution in [2.45, 2.75) is 44.8 Å². The first-order chi connectivity index (χ1) is 14.7. The minimum absolute atomic E-state index is 0. The van der Waals surface area contributed by atoms with Crippen molar-refractivity contribution in [3.8, 4) is 10.6 Å². The van der Waals surface area contributed by atoms with E-state index in [0.29, 0.717) is 19.4 Å². The van der Waals surface area contributed by atoms with Crippen LogP contribution in [-0.2, 0) is 24.2 Å². The van der Waals surface area contributed by atoms with Crippen LogP contribution in [0.5, 0.6) is 0 Å². The number of ketones is 1. The van der Waals surface area contributed by atoms with Crippen LogP contribution in [0.1, 0.15) is 38.9 Å². The summed E-state index contributed by atoms with van der Waals surface area (Å²) in [4.78, 5) is 24.4. The Labute approximate surface area is 188 Å². The highest BCUT2D eigenvalue weighted by molar-refractivity contribution is 7.22. The number of aromatic nitrogens is 2. The summed E-state index contributed by atoms with van der Waals surface area (Å²) in [6.07, 6.45) is 7.14. The summed E-state index contributed by atoms with van der Waals surface area (Å²) in [6, 6.07) is 2.01. The first kappa shape index (κ1) is 20.2. The van der Waals surface area contributed by atoms with Crippen LogP contribution in [0, 0.1) is 5.92 Å². The Morgan fingerprint density at radius 2 is 2.23 bits per heavy atom. The zero-order valence-electron chi connectivity index (χ0n) is 16.8. The first-order valence-corrected chi connectivity index (χ1v) is 12.3. The molecule has 0 spiro atoms.